The van der Waals surface area contributed by atoms with Crippen molar-refractivity contribution in [1.29, 1.82) is 0 Å². The van der Waals surface area contributed by atoms with Crippen molar-refractivity contribution in [3.8, 4) is 0 Å². The second-order valence-corrected chi connectivity index (χ2v) is 3.11. The van der Waals surface area contributed by atoms with Gasteiger partial charge in [0.15, 0.2) is 0 Å². The highest BCUT2D eigenvalue weighted by Crippen LogP contribution is 2.22. The van der Waals surface area contributed by atoms with Crippen molar-refractivity contribution < 1.29 is 14.4 Å². The Morgan fingerprint density at radius 1 is 1.62 bits per heavy atom. The zero-order valence-corrected chi connectivity index (χ0v) is 7.69. The summed E-state index contributed by atoms with van der Waals surface area (Å²) in [5.74, 6) is -1.47. The van der Waals surface area contributed by atoms with Crippen LogP contribution in [0.4, 0.5) is 4.39 Å². The van der Waals surface area contributed by atoms with E-state index in [1.54, 1.807) is 12.3 Å². The van der Waals surface area contributed by atoms with E-state index in [9.17, 15) is 9.18 Å². The second-order valence-electron chi connectivity index (χ2n) is 2.26. The van der Waals surface area contributed by atoms with Crippen molar-refractivity contribution in [3.63, 3.8) is 0 Å². The quantitative estimate of drug-likeness (QED) is 0.434. The number of carbonyl (C=O) groups is 1. The van der Waals surface area contributed by atoms with Gasteiger partial charge < -0.3 is 0 Å². The van der Waals surface area contributed by atoms with E-state index in [1.165, 1.54) is 29.4 Å². The Labute approximate surface area is 78.9 Å². The molecule has 0 heterocycles. The Kier molecular flexibility index (Phi) is 3.27. The molecule has 0 aromatic heterocycles. The van der Waals surface area contributed by atoms with Crippen molar-refractivity contribution in [1.82, 2.24) is 5.48 Å². The van der Waals surface area contributed by atoms with Crippen LogP contribution in [0.1, 0.15) is 10.4 Å². The van der Waals surface area contributed by atoms with Gasteiger partial charge in [-0.1, -0.05) is 6.07 Å². The summed E-state index contributed by atoms with van der Waals surface area (Å²) in [6.45, 7) is 0. The normalized spacial score (nSPS) is 9.77. The highest BCUT2D eigenvalue weighted by atomic mass is 32.2. The molecule has 0 saturated heterocycles. The number of benzene rings is 1. The van der Waals surface area contributed by atoms with Crippen LogP contribution in [-0.2, 0) is 0 Å². The SMILES string of the molecule is CSc1cccc(F)c1C(=O)NO. The number of rotatable bonds is 2. The number of hydroxylamine groups is 1. The molecule has 5 heteroatoms. The standard InChI is InChI=1S/C8H8FNO2S/c1-13-6-4-2-3-5(9)7(6)8(11)10-12/h2-4,12H,1H3,(H,10,11). The van der Waals surface area contributed by atoms with Gasteiger partial charge in [-0.3, -0.25) is 10.0 Å². The minimum atomic E-state index is -0.831. The molecular formula is C8H8FNO2S. The molecule has 0 saturated carbocycles. The summed E-state index contributed by atoms with van der Waals surface area (Å²) in [5.41, 5.74) is 1.28. The minimum Gasteiger partial charge on any atom is -0.288 e. The lowest BCUT2D eigenvalue weighted by Gasteiger charge is -2.05. The van der Waals surface area contributed by atoms with Crippen LogP contribution < -0.4 is 5.48 Å². The van der Waals surface area contributed by atoms with Crippen LogP contribution in [-0.4, -0.2) is 17.4 Å². The molecule has 1 amide bonds. The fraction of sp³-hybridized carbons (Fsp3) is 0.125. The molecule has 0 aliphatic heterocycles. The van der Waals surface area contributed by atoms with E-state index in [1.807, 2.05) is 0 Å². The van der Waals surface area contributed by atoms with Crippen molar-refractivity contribution >= 4 is 17.7 Å². The van der Waals surface area contributed by atoms with Crippen LogP contribution in [0.3, 0.4) is 0 Å². The van der Waals surface area contributed by atoms with Gasteiger partial charge >= 0.3 is 0 Å². The first-order valence-corrected chi connectivity index (χ1v) is 4.70. The number of amides is 1. The molecule has 0 aliphatic carbocycles. The van der Waals surface area contributed by atoms with Gasteiger partial charge in [-0.05, 0) is 18.4 Å². The topological polar surface area (TPSA) is 49.3 Å². The zero-order valence-electron chi connectivity index (χ0n) is 6.87. The highest BCUT2D eigenvalue weighted by Gasteiger charge is 2.14. The summed E-state index contributed by atoms with van der Waals surface area (Å²) in [7, 11) is 0. The lowest BCUT2D eigenvalue weighted by Crippen LogP contribution is -2.20. The van der Waals surface area contributed by atoms with E-state index in [0.717, 1.165) is 0 Å². The first kappa shape index (κ1) is 10.0. The summed E-state index contributed by atoms with van der Waals surface area (Å²) in [6.07, 6.45) is 1.73. The Balaban J connectivity index is 3.22. The van der Waals surface area contributed by atoms with Gasteiger partial charge in [-0.2, -0.15) is 0 Å². The fourth-order valence-corrected chi connectivity index (χ4v) is 1.56. The number of hydrogen-bond donors (Lipinski definition) is 2. The number of hydrogen-bond acceptors (Lipinski definition) is 3. The molecule has 1 aromatic rings. The molecule has 0 radical (unpaired) electrons. The van der Waals surface area contributed by atoms with E-state index in [4.69, 9.17) is 5.21 Å². The third-order valence-corrected chi connectivity index (χ3v) is 2.30. The third kappa shape index (κ3) is 1.99. The molecule has 70 valence electrons. The van der Waals surface area contributed by atoms with Gasteiger partial charge in [0.1, 0.15) is 5.82 Å². The molecular weight excluding hydrogens is 193 g/mol. The molecule has 0 aliphatic rings. The maximum atomic E-state index is 13.1. The van der Waals surface area contributed by atoms with Gasteiger partial charge in [0.25, 0.3) is 5.91 Å². The minimum absolute atomic E-state index is 0.127. The summed E-state index contributed by atoms with van der Waals surface area (Å²) in [5, 5.41) is 8.36. The van der Waals surface area contributed by atoms with E-state index < -0.39 is 11.7 Å². The maximum Gasteiger partial charge on any atom is 0.278 e. The molecule has 3 nitrogen and oxygen atoms in total. The molecule has 1 rings (SSSR count). The van der Waals surface area contributed by atoms with Crippen molar-refractivity contribution in [2.45, 2.75) is 4.90 Å². The van der Waals surface area contributed by atoms with Gasteiger partial charge in [0.05, 0.1) is 5.56 Å². The number of halogens is 1. The van der Waals surface area contributed by atoms with Gasteiger partial charge in [-0.15, -0.1) is 11.8 Å². The van der Waals surface area contributed by atoms with E-state index in [0.29, 0.717) is 4.90 Å². The van der Waals surface area contributed by atoms with Crippen LogP contribution >= 0.6 is 11.8 Å². The van der Waals surface area contributed by atoms with Crippen LogP contribution in [0.15, 0.2) is 23.1 Å². The van der Waals surface area contributed by atoms with Gasteiger partial charge in [0.2, 0.25) is 0 Å². The molecule has 0 spiro atoms. The summed E-state index contributed by atoms with van der Waals surface area (Å²) < 4.78 is 13.1. The maximum absolute atomic E-state index is 13.1. The number of thioether (sulfide) groups is 1. The Hall–Kier alpha value is -1.07. The van der Waals surface area contributed by atoms with Crippen molar-refractivity contribution in [3.05, 3.63) is 29.6 Å². The van der Waals surface area contributed by atoms with Crippen LogP contribution in [0.2, 0.25) is 0 Å². The Morgan fingerprint density at radius 2 is 2.31 bits per heavy atom. The highest BCUT2D eigenvalue weighted by molar-refractivity contribution is 7.98. The predicted octanol–water partition coefficient (Wildman–Crippen LogP) is 1.67. The fourth-order valence-electron chi connectivity index (χ4n) is 0.951. The summed E-state index contributed by atoms with van der Waals surface area (Å²) >= 11 is 1.24. The molecule has 2 N–H and O–H groups in total. The smallest absolute Gasteiger partial charge is 0.278 e. The van der Waals surface area contributed by atoms with E-state index in [2.05, 4.69) is 0 Å². The molecule has 13 heavy (non-hydrogen) atoms. The van der Waals surface area contributed by atoms with Crippen LogP contribution in [0.5, 0.6) is 0 Å². The van der Waals surface area contributed by atoms with Crippen LogP contribution in [0.25, 0.3) is 0 Å². The average Bonchev–Trinajstić information content (AvgIpc) is 2.16. The Bertz CT molecular complexity index is 330. The van der Waals surface area contributed by atoms with Crippen molar-refractivity contribution in [2.24, 2.45) is 0 Å². The molecule has 0 unspecified atom stereocenters. The van der Waals surface area contributed by atoms with Crippen molar-refractivity contribution in [2.75, 3.05) is 6.26 Å². The van der Waals surface area contributed by atoms with Gasteiger partial charge in [-0.25, -0.2) is 9.87 Å². The predicted molar refractivity (Wildman–Crippen MR) is 47.4 cm³/mol. The average molecular weight is 201 g/mol. The largest absolute Gasteiger partial charge is 0.288 e. The number of nitrogens with one attached hydrogen (secondary N) is 1. The second kappa shape index (κ2) is 4.25. The summed E-state index contributed by atoms with van der Waals surface area (Å²) in [4.78, 5) is 11.5. The van der Waals surface area contributed by atoms with E-state index >= 15 is 0 Å². The first-order valence-electron chi connectivity index (χ1n) is 3.47. The zero-order chi connectivity index (χ0) is 9.84. The first-order chi connectivity index (χ1) is 6.20. The lowest BCUT2D eigenvalue weighted by molar-refractivity contribution is 0.0698. The molecule has 0 fully saturated rings. The molecule has 0 atom stereocenters. The molecule has 0 bridgehead atoms. The van der Waals surface area contributed by atoms with Crippen LogP contribution in [0, 0.1) is 5.82 Å². The Morgan fingerprint density at radius 3 is 2.85 bits per heavy atom. The van der Waals surface area contributed by atoms with E-state index in [-0.39, 0.29) is 5.56 Å². The van der Waals surface area contributed by atoms with Gasteiger partial charge in [0, 0.05) is 4.90 Å². The third-order valence-electron chi connectivity index (χ3n) is 1.52. The monoisotopic (exact) mass is 201 g/mol. The summed E-state index contributed by atoms with van der Waals surface area (Å²) in [6, 6.07) is 4.29. The number of carbonyl (C=O) groups excluding carboxylic acids is 1. The lowest BCUT2D eigenvalue weighted by atomic mass is 10.2. The molecule has 1 aromatic carbocycles.